The average molecular weight is 411 g/mol. The van der Waals surface area contributed by atoms with Crippen molar-refractivity contribution in [3.8, 4) is 5.69 Å². The molecule has 0 atom stereocenters. The van der Waals surface area contributed by atoms with Crippen molar-refractivity contribution in [2.45, 2.75) is 0 Å². The first-order valence-electron chi connectivity index (χ1n) is 9.00. The Morgan fingerprint density at radius 1 is 0.667 bits per heavy atom. The number of aromatic nitrogens is 2. The van der Waals surface area contributed by atoms with Gasteiger partial charge in [0.25, 0.3) is 0 Å². The van der Waals surface area contributed by atoms with Crippen molar-refractivity contribution in [1.82, 2.24) is 9.55 Å². The lowest BCUT2D eigenvalue weighted by Crippen LogP contribution is -1.93. The molecule has 1 N–H and O–H groups in total. The van der Waals surface area contributed by atoms with Crippen LogP contribution in [0.1, 0.15) is 0 Å². The molecule has 2 aromatic heterocycles. The lowest BCUT2D eigenvalue weighted by atomic mass is 10.1. The third kappa shape index (κ3) is 2.06. The van der Waals surface area contributed by atoms with Crippen molar-refractivity contribution in [3.63, 3.8) is 0 Å². The highest BCUT2D eigenvalue weighted by Gasteiger charge is 2.16. The fourth-order valence-corrected chi connectivity index (χ4v) is 4.66. The number of halogens is 1. The van der Waals surface area contributed by atoms with Gasteiger partial charge in [0, 0.05) is 37.2 Å². The maximum atomic E-state index is 3.67. The molecular weight excluding hydrogens is 396 g/mol. The van der Waals surface area contributed by atoms with E-state index >= 15 is 0 Å². The Balaban J connectivity index is 1.87. The minimum Gasteiger partial charge on any atom is -0.354 e. The van der Waals surface area contributed by atoms with Crippen LogP contribution in [0.15, 0.2) is 89.4 Å². The van der Waals surface area contributed by atoms with Gasteiger partial charge in [-0.05, 0) is 36.4 Å². The van der Waals surface area contributed by atoms with E-state index in [-0.39, 0.29) is 0 Å². The van der Waals surface area contributed by atoms with Gasteiger partial charge in [0.2, 0.25) is 0 Å². The first kappa shape index (κ1) is 15.1. The minimum absolute atomic E-state index is 1.08. The Morgan fingerprint density at radius 2 is 1.48 bits per heavy atom. The lowest BCUT2D eigenvalue weighted by molar-refractivity contribution is 1.18. The van der Waals surface area contributed by atoms with Gasteiger partial charge in [-0.2, -0.15) is 0 Å². The minimum atomic E-state index is 1.08. The van der Waals surface area contributed by atoms with E-state index in [1.165, 1.54) is 43.6 Å². The molecule has 2 nitrogen and oxygen atoms in total. The third-order valence-electron chi connectivity index (χ3n) is 5.38. The van der Waals surface area contributed by atoms with Crippen LogP contribution in [0.5, 0.6) is 0 Å². The number of nitrogens with zero attached hydrogens (tertiary/aromatic N) is 1. The number of aromatic amines is 1. The van der Waals surface area contributed by atoms with E-state index in [4.69, 9.17) is 0 Å². The molecule has 128 valence electrons. The summed E-state index contributed by atoms with van der Waals surface area (Å²) >= 11 is 3.62. The Labute approximate surface area is 164 Å². The number of para-hydroxylation sites is 2. The van der Waals surface area contributed by atoms with Gasteiger partial charge in [0.05, 0.1) is 16.6 Å². The van der Waals surface area contributed by atoms with Crippen LogP contribution in [0.3, 0.4) is 0 Å². The van der Waals surface area contributed by atoms with Crippen LogP contribution in [0.4, 0.5) is 0 Å². The van der Waals surface area contributed by atoms with Gasteiger partial charge < -0.3 is 9.55 Å². The molecule has 0 amide bonds. The first-order chi connectivity index (χ1) is 13.3. The summed E-state index contributed by atoms with van der Waals surface area (Å²) in [6.07, 6.45) is 0. The molecule has 0 aliphatic carbocycles. The van der Waals surface area contributed by atoms with Gasteiger partial charge in [-0.25, -0.2) is 0 Å². The molecule has 6 aromatic rings. The summed E-state index contributed by atoms with van der Waals surface area (Å²) in [6, 6.07) is 30.1. The zero-order chi connectivity index (χ0) is 18.0. The summed E-state index contributed by atoms with van der Waals surface area (Å²) in [5, 5.41) is 5.09. The molecule has 27 heavy (non-hydrogen) atoms. The SMILES string of the molecule is Brc1cccc(-n2c3ccccc3c3c4[nH]c5ccccc5c4ccc32)c1. The van der Waals surface area contributed by atoms with Crippen molar-refractivity contribution in [3.05, 3.63) is 89.4 Å². The fourth-order valence-electron chi connectivity index (χ4n) is 4.27. The van der Waals surface area contributed by atoms with E-state index in [0.717, 1.165) is 10.2 Å². The fraction of sp³-hybridized carbons (Fsp3) is 0. The van der Waals surface area contributed by atoms with Crippen LogP contribution in [-0.2, 0) is 0 Å². The van der Waals surface area contributed by atoms with Crippen LogP contribution in [0.2, 0.25) is 0 Å². The Kier molecular flexibility index (Phi) is 3.06. The summed E-state index contributed by atoms with van der Waals surface area (Å²) in [5.74, 6) is 0. The van der Waals surface area contributed by atoms with Crippen LogP contribution in [-0.4, -0.2) is 9.55 Å². The standard InChI is InChI=1S/C24H15BrN2/c25-15-6-5-7-16(14-15)27-21-11-4-2-9-19(21)23-22(27)13-12-18-17-8-1-3-10-20(17)26-24(18)23/h1-14,26H. The molecule has 0 aliphatic heterocycles. The van der Waals surface area contributed by atoms with Gasteiger partial charge in [0.15, 0.2) is 0 Å². The molecule has 6 rings (SSSR count). The number of hydrogen-bond donors (Lipinski definition) is 1. The van der Waals surface area contributed by atoms with E-state index in [9.17, 15) is 0 Å². The summed E-state index contributed by atoms with van der Waals surface area (Å²) in [7, 11) is 0. The molecule has 3 heteroatoms. The topological polar surface area (TPSA) is 20.7 Å². The smallest absolute Gasteiger partial charge is 0.0566 e. The van der Waals surface area contributed by atoms with Crippen molar-refractivity contribution in [1.29, 1.82) is 0 Å². The van der Waals surface area contributed by atoms with E-state index in [1.807, 2.05) is 0 Å². The van der Waals surface area contributed by atoms with Crippen LogP contribution in [0, 0.1) is 0 Å². The molecule has 0 spiro atoms. The summed E-state index contributed by atoms with van der Waals surface area (Å²) < 4.78 is 3.43. The van der Waals surface area contributed by atoms with Gasteiger partial charge >= 0.3 is 0 Å². The normalized spacial score (nSPS) is 11.9. The zero-order valence-corrected chi connectivity index (χ0v) is 16.0. The molecule has 0 unspecified atom stereocenters. The number of rotatable bonds is 1. The van der Waals surface area contributed by atoms with Gasteiger partial charge in [-0.1, -0.05) is 64.5 Å². The second-order valence-corrected chi connectivity index (χ2v) is 7.80. The second kappa shape index (κ2) is 5.48. The first-order valence-corrected chi connectivity index (χ1v) is 9.79. The van der Waals surface area contributed by atoms with Crippen LogP contribution in [0.25, 0.3) is 49.3 Å². The predicted octanol–water partition coefficient (Wildman–Crippen LogP) is 7.18. The second-order valence-electron chi connectivity index (χ2n) is 6.89. The molecule has 0 saturated heterocycles. The molecule has 0 bridgehead atoms. The maximum absolute atomic E-state index is 3.67. The van der Waals surface area contributed by atoms with Crippen LogP contribution >= 0.6 is 15.9 Å². The Hall–Kier alpha value is -3.04. The molecule has 0 fully saturated rings. The number of fused-ring (bicyclic) bond motifs is 7. The van der Waals surface area contributed by atoms with Gasteiger partial charge in [-0.15, -0.1) is 0 Å². The highest BCUT2D eigenvalue weighted by atomic mass is 79.9. The van der Waals surface area contributed by atoms with E-state index in [2.05, 4.69) is 110 Å². The van der Waals surface area contributed by atoms with Gasteiger partial charge in [-0.3, -0.25) is 0 Å². The molecular formula is C24H15BrN2. The average Bonchev–Trinajstić information content (AvgIpc) is 3.23. The quantitative estimate of drug-likeness (QED) is 0.296. The lowest BCUT2D eigenvalue weighted by Gasteiger charge is -2.08. The molecule has 0 radical (unpaired) electrons. The third-order valence-corrected chi connectivity index (χ3v) is 5.88. The van der Waals surface area contributed by atoms with E-state index in [1.54, 1.807) is 0 Å². The van der Waals surface area contributed by atoms with Gasteiger partial charge in [0.1, 0.15) is 0 Å². The van der Waals surface area contributed by atoms with E-state index < -0.39 is 0 Å². The summed E-state index contributed by atoms with van der Waals surface area (Å²) in [6.45, 7) is 0. The summed E-state index contributed by atoms with van der Waals surface area (Å²) in [4.78, 5) is 3.67. The molecule has 4 aromatic carbocycles. The van der Waals surface area contributed by atoms with Crippen LogP contribution < -0.4 is 0 Å². The predicted molar refractivity (Wildman–Crippen MR) is 118 cm³/mol. The largest absolute Gasteiger partial charge is 0.354 e. The van der Waals surface area contributed by atoms with E-state index in [0.29, 0.717) is 0 Å². The molecule has 2 heterocycles. The van der Waals surface area contributed by atoms with Crippen molar-refractivity contribution in [2.24, 2.45) is 0 Å². The maximum Gasteiger partial charge on any atom is 0.0566 e. The van der Waals surface area contributed by atoms with Crippen molar-refractivity contribution in [2.75, 3.05) is 0 Å². The number of nitrogens with one attached hydrogen (secondary N) is 1. The summed E-state index contributed by atoms with van der Waals surface area (Å²) in [5.41, 5.74) is 5.98. The van der Waals surface area contributed by atoms with Crippen molar-refractivity contribution >= 4 is 59.5 Å². The zero-order valence-electron chi connectivity index (χ0n) is 14.4. The Bertz CT molecular complexity index is 1490. The number of benzene rings is 4. The highest BCUT2D eigenvalue weighted by molar-refractivity contribution is 9.10. The molecule has 0 saturated carbocycles. The highest BCUT2D eigenvalue weighted by Crippen LogP contribution is 2.38. The monoisotopic (exact) mass is 410 g/mol. The number of H-pyrrole nitrogens is 1. The number of hydrogen-bond acceptors (Lipinski definition) is 0. The molecule has 0 aliphatic rings. The Morgan fingerprint density at radius 3 is 2.37 bits per heavy atom. The van der Waals surface area contributed by atoms with Crippen molar-refractivity contribution < 1.29 is 0 Å².